The molecule has 0 saturated carbocycles. The first kappa shape index (κ1) is 9.27. The normalized spacial score (nSPS) is 21.9. The molecule has 0 aliphatic carbocycles. The van der Waals surface area contributed by atoms with E-state index in [1.165, 1.54) is 6.42 Å². The second-order valence-corrected chi connectivity index (χ2v) is 3.52. The first-order valence-corrected chi connectivity index (χ1v) is 4.93. The van der Waals surface area contributed by atoms with Crippen molar-refractivity contribution in [3.05, 3.63) is 18.3 Å². The number of pyridine rings is 1. The van der Waals surface area contributed by atoms with Gasteiger partial charge in [-0.25, -0.2) is 4.98 Å². The molecule has 4 heteroatoms. The number of rotatable bonds is 2. The summed E-state index contributed by atoms with van der Waals surface area (Å²) in [5.74, 6) is 0.660. The van der Waals surface area contributed by atoms with Gasteiger partial charge in [0.25, 0.3) is 0 Å². The Morgan fingerprint density at radius 1 is 1.50 bits per heavy atom. The molecule has 76 valence electrons. The van der Waals surface area contributed by atoms with Crippen LogP contribution < -0.4 is 15.8 Å². The summed E-state index contributed by atoms with van der Waals surface area (Å²) in [5, 5.41) is 3.29. The molecule has 1 atom stereocenters. The molecule has 2 heterocycles. The van der Waals surface area contributed by atoms with Crippen LogP contribution in [0.15, 0.2) is 18.3 Å². The topological polar surface area (TPSA) is 60.2 Å². The Labute approximate surface area is 83.5 Å². The lowest BCUT2D eigenvalue weighted by Crippen LogP contribution is -2.37. The Bertz CT molecular complexity index is 280. The zero-order chi connectivity index (χ0) is 9.80. The third kappa shape index (κ3) is 2.35. The molecule has 1 fully saturated rings. The van der Waals surface area contributed by atoms with E-state index in [1.54, 1.807) is 12.3 Å². The van der Waals surface area contributed by atoms with Gasteiger partial charge in [0.2, 0.25) is 5.88 Å². The molecule has 1 aliphatic heterocycles. The average Bonchev–Trinajstić information content (AvgIpc) is 2.23. The van der Waals surface area contributed by atoms with E-state index in [-0.39, 0.29) is 6.10 Å². The van der Waals surface area contributed by atoms with Gasteiger partial charge in [0, 0.05) is 12.6 Å². The predicted octanol–water partition coefficient (Wildman–Crippen LogP) is 0.795. The highest BCUT2D eigenvalue weighted by atomic mass is 16.5. The average molecular weight is 193 g/mol. The highest BCUT2D eigenvalue weighted by Crippen LogP contribution is 2.13. The number of nitrogens with two attached hydrogens (primary N) is 1. The molecule has 1 aromatic heterocycles. The Kier molecular flexibility index (Phi) is 2.84. The van der Waals surface area contributed by atoms with E-state index in [4.69, 9.17) is 10.5 Å². The Morgan fingerprint density at radius 2 is 2.43 bits per heavy atom. The number of aromatic nitrogens is 1. The fourth-order valence-corrected chi connectivity index (χ4v) is 1.55. The third-order valence-electron chi connectivity index (χ3n) is 2.30. The summed E-state index contributed by atoms with van der Waals surface area (Å²) in [4.78, 5) is 4.10. The molecular weight excluding hydrogens is 178 g/mol. The smallest absolute Gasteiger partial charge is 0.213 e. The van der Waals surface area contributed by atoms with E-state index in [0.29, 0.717) is 11.6 Å². The fourth-order valence-electron chi connectivity index (χ4n) is 1.55. The van der Waals surface area contributed by atoms with Crippen LogP contribution in [-0.4, -0.2) is 24.2 Å². The summed E-state index contributed by atoms with van der Waals surface area (Å²) in [7, 11) is 0. The second kappa shape index (κ2) is 4.28. The standard InChI is InChI=1S/C10H15N3O/c11-8-3-4-10(13-6-8)14-9-2-1-5-12-7-9/h3-4,6,9,12H,1-2,5,7,11H2/t9-/m1/s1. The van der Waals surface area contributed by atoms with Gasteiger partial charge in [-0.3, -0.25) is 0 Å². The number of piperidine rings is 1. The zero-order valence-corrected chi connectivity index (χ0v) is 8.07. The van der Waals surface area contributed by atoms with Crippen LogP contribution in [0.2, 0.25) is 0 Å². The maximum Gasteiger partial charge on any atom is 0.213 e. The maximum atomic E-state index is 5.68. The van der Waals surface area contributed by atoms with E-state index in [0.717, 1.165) is 19.5 Å². The van der Waals surface area contributed by atoms with E-state index < -0.39 is 0 Å². The number of nitrogens with zero attached hydrogens (tertiary/aromatic N) is 1. The number of nitrogens with one attached hydrogen (secondary N) is 1. The highest BCUT2D eigenvalue weighted by molar-refractivity contribution is 5.35. The van der Waals surface area contributed by atoms with Crippen molar-refractivity contribution in [3.8, 4) is 5.88 Å². The zero-order valence-electron chi connectivity index (χ0n) is 8.07. The molecule has 0 spiro atoms. The second-order valence-electron chi connectivity index (χ2n) is 3.52. The maximum absolute atomic E-state index is 5.68. The largest absolute Gasteiger partial charge is 0.473 e. The minimum absolute atomic E-state index is 0.250. The molecule has 4 nitrogen and oxygen atoms in total. The van der Waals surface area contributed by atoms with Crippen molar-refractivity contribution in [3.63, 3.8) is 0 Å². The van der Waals surface area contributed by atoms with Crippen molar-refractivity contribution in [1.82, 2.24) is 10.3 Å². The molecule has 2 rings (SSSR count). The minimum atomic E-state index is 0.250. The Hall–Kier alpha value is -1.29. The molecule has 1 aromatic rings. The Morgan fingerprint density at radius 3 is 3.07 bits per heavy atom. The van der Waals surface area contributed by atoms with Gasteiger partial charge < -0.3 is 15.8 Å². The van der Waals surface area contributed by atoms with Crippen molar-refractivity contribution >= 4 is 5.69 Å². The summed E-state index contributed by atoms with van der Waals surface area (Å²) >= 11 is 0. The van der Waals surface area contributed by atoms with Crippen molar-refractivity contribution in [2.24, 2.45) is 0 Å². The fraction of sp³-hybridized carbons (Fsp3) is 0.500. The predicted molar refractivity (Wildman–Crippen MR) is 55.2 cm³/mol. The summed E-state index contributed by atoms with van der Waals surface area (Å²) in [6, 6.07) is 3.61. The van der Waals surface area contributed by atoms with Crippen LogP contribution in [0.25, 0.3) is 0 Å². The quantitative estimate of drug-likeness (QED) is 0.729. The number of hydrogen-bond donors (Lipinski definition) is 2. The first-order valence-electron chi connectivity index (χ1n) is 4.93. The van der Waals surface area contributed by atoms with Crippen LogP contribution in [0.4, 0.5) is 5.69 Å². The monoisotopic (exact) mass is 193 g/mol. The number of nitrogen functional groups attached to an aromatic ring is 1. The summed E-state index contributed by atoms with van der Waals surface area (Å²) < 4.78 is 5.68. The van der Waals surface area contributed by atoms with Gasteiger partial charge in [0.1, 0.15) is 6.10 Å². The van der Waals surface area contributed by atoms with Crippen LogP contribution in [0.3, 0.4) is 0 Å². The number of ether oxygens (including phenoxy) is 1. The van der Waals surface area contributed by atoms with Crippen molar-refractivity contribution in [1.29, 1.82) is 0 Å². The highest BCUT2D eigenvalue weighted by Gasteiger charge is 2.14. The van der Waals surface area contributed by atoms with Crippen molar-refractivity contribution < 1.29 is 4.74 Å². The molecular formula is C10H15N3O. The minimum Gasteiger partial charge on any atom is -0.473 e. The van der Waals surface area contributed by atoms with Crippen LogP contribution >= 0.6 is 0 Å². The van der Waals surface area contributed by atoms with E-state index >= 15 is 0 Å². The molecule has 0 unspecified atom stereocenters. The Balaban J connectivity index is 1.92. The van der Waals surface area contributed by atoms with Crippen LogP contribution in [-0.2, 0) is 0 Å². The van der Waals surface area contributed by atoms with Gasteiger partial charge in [0.05, 0.1) is 11.9 Å². The van der Waals surface area contributed by atoms with E-state index in [1.807, 2.05) is 6.07 Å². The molecule has 0 amide bonds. The molecule has 14 heavy (non-hydrogen) atoms. The van der Waals surface area contributed by atoms with E-state index in [9.17, 15) is 0 Å². The molecule has 0 aromatic carbocycles. The lowest BCUT2D eigenvalue weighted by atomic mass is 10.1. The number of anilines is 1. The summed E-state index contributed by atoms with van der Waals surface area (Å²) in [5.41, 5.74) is 6.20. The van der Waals surface area contributed by atoms with Crippen LogP contribution in [0, 0.1) is 0 Å². The molecule has 0 bridgehead atoms. The molecule has 3 N–H and O–H groups in total. The lowest BCUT2D eigenvalue weighted by molar-refractivity contribution is 0.160. The SMILES string of the molecule is Nc1ccc(O[C@@H]2CCCNC2)nc1. The van der Waals surface area contributed by atoms with Crippen molar-refractivity contribution in [2.45, 2.75) is 18.9 Å². The summed E-state index contributed by atoms with van der Waals surface area (Å²) in [6.07, 6.45) is 4.13. The van der Waals surface area contributed by atoms with Gasteiger partial charge in [-0.2, -0.15) is 0 Å². The van der Waals surface area contributed by atoms with E-state index in [2.05, 4.69) is 10.3 Å². The molecule has 1 aliphatic rings. The first-order chi connectivity index (χ1) is 6.84. The van der Waals surface area contributed by atoms with Crippen molar-refractivity contribution in [2.75, 3.05) is 18.8 Å². The summed E-state index contributed by atoms with van der Waals surface area (Å²) in [6.45, 7) is 2.00. The van der Waals surface area contributed by atoms with Gasteiger partial charge in [0.15, 0.2) is 0 Å². The molecule has 0 radical (unpaired) electrons. The van der Waals surface area contributed by atoms with Gasteiger partial charge in [-0.15, -0.1) is 0 Å². The third-order valence-corrected chi connectivity index (χ3v) is 2.30. The van der Waals surface area contributed by atoms with Crippen LogP contribution in [0.5, 0.6) is 5.88 Å². The lowest BCUT2D eigenvalue weighted by Gasteiger charge is -2.23. The molecule has 1 saturated heterocycles. The van der Waals surface area contributed by atoms with Gasteiger partial charge in [-0.1, -0.05) is 0 Å². The van der Waals surface area contributed by atoms with Gasteiger partial charge >= 0.3 is 0 Å². The van der Waals surface area contributed by atoms with Crippen LogP contribution in [0.1, 0.15) is 12.8 Å². The number of hydrogen-bond acceptors (Lipinski definition) is 4. The van der Waals surface area contributed by atoms with Gasteiger partial charge in [-0.05, 0) is 25.5 Å².